The van der Waals surface area contributed by atoms with Crippen molar-refractivity contribution in [2.75, 3.05) is 0 Å². The molecule has 2 unspecified atom stereocenters. The molecule has 0 fully saturated rings. The lowest BCUT2D eigenvalue weighted by molar-refractivity contribution is 0.715. The summed E-state index contributed by atoms with van der Waals surface area (Å²) in [6, 6.07) is 15.5. The van der Waals surface area contributed by atoms with E-state index in [1.54, 1.807) is 17.8 Å². The van der Waals surface area contributed by atoms with Crippen molar-refractivity contribution in [1.29, 1.82) is 0 Å². The van der Waals surface area contributed by atoms with Gasteiger partial charge in [0.25, 0.3) is 0 Å². The van der Waals surface area contributed by atoms with Crippen LogP contribution >= 0.6 is 35.0 Å². The average Bonchev–Trinajstić information content (AvgIpc) is 2.43. The first kappa shape index (κ1) is 14.7. The van der Waals surface area contributed by atoms with Gasteiger partial charge in [-0.25, -0.2) is 0 Å². The molecule has 4 heteroatoms. The van der Waals surface area contributed by atoms with Crippen LogP contribution in [-0.4, -0.2) is 5.25 Å². The molecule has 0 heterocycles. The molecule has 100 valence electrons. The second kappa shape index (κ2) is 6.67. The van der Waals surface area contributed by atoms with Crippen molar-refractivity contribution in [1.82, 2.24) is 0 Å². The van der Waals surface area contributed by atoms with Gasteiger partial charge in [-0.2, -0.15) is 0 Å². The van der Waals surface area contributed by atoms with Gasteiger partial charge in [0.1, 0.15) is 0 Å². The zero-order valence-corrected chi connectivity index (χ0v) is 12.8. The Labute approximate surface area is 128 Å². The summed E-state index contributed by atoms with van der Waals surface area (Å²) in [6.45, 7) is 2.10. The smallest absolute Gasteiger partial charge is 0.0543 e. The maximum Gasteiger partial charge on any atom is 0.0543 e. The number of thioether (sulfide) groups is 1. The molecule has 1 nitrogen and oxygen atoms in total. The molecule has 0 aliphatic rings. The van der Waals surface area contributed by atoms with Gasteiger partial charge in [-0.15, -0.1) is 11.8 Å². The van der Waals surface area contributed by atoms with E-state index in [4.69, 9.17) is 28.9 Å². The fraction of sp³-hybridized carbons (Fsp3) is 0.200. The Morgan fingerprint density at radius 1 is 1.05 bits per heavy atom. The minimum absolute atomic E-state index is 0.0405. The van der Waals surface area contributed by atoms with Gasteiger partial charge in [0.05, 0.1) is 5.02 Å². The molecule has 0 aliphatic heterocycles. The second-order valence-corrected chi connectivity index (χ2v) is 6.60. The molecule has 19 heavy (non-hydrogen) atoms. The van der Waals surface area contributed by atoms with Crippen molar-refractivity contribution < 1.29 is 0 Å². The van der Waals surface area contributed by atoms with Gasteiger partial charge in [-0.3, -0.25) is 0 Å². The first-order valence-corrected chi connectivity index (χ1v) is 7.63. The van der Waals surface area contributed by atoms with Crippen molar-refractivity contribution in [3.05, 3.63) is 64.1 Å². The lowest BCUT2D eigenvalue weighted by Crippen LogP contribution is -2.20. The van der Waals surface area contributed by atoms with Crippen LogP contribution < -0.4 is 5.73 Å². The molecule has 2 rings (SSSR count). The van der Waals surface area contributed by atoms with Crippen LogP contribution in [0.5, 0.6) is 0 Å². The predicted molar refractivity (Wildman–Crippen MR) is 85.2 cm³/mol. The summed E-state index contributed by atoms with van der Waals surface area (Å²) in [5.74, 6) is 0. The lowest BCUT2D eigenvalue weighted by Gasteiger charge is -2.20. The second-order valence-electron chi connectivity index (χ2n) is 4.33. The highest BCUT2D eigenvalue weighted by molar-refractivity contribution is 8.00. The first-order chi connectivity index (χ1) is 9.08. The normalized spacial score (nSPS) is 14.1. The summed E-state index contributed by atoms with van der Waals surface area (Å²) >= 11 is 13.8. The topological polar surface area (TPSA) is 26.0 Å². The first-order valence-electron chi connectivity index (χ1n) is 6.00. The maximum absolute atomic E-state index is 6.28. The molecule has 2 atom stereocenters. The number of nitrogens with two attached hydrogens (primary N) is 1. The Bertz CT molecular complexity index is 545. The van der Waals surface area contributed by atoms with Gasteiger partial charge < -0.3 is 5.73 Å². The molecule has 2 N–H and O–H groups in total. The lowest BCUT2D eigenvalue weighted by atomic mass is 10.1. The number of rotatable bonds is 4. The van der Waals surface area contributed by atoms with Gasteiger partial charge in [0.15, 0.2) is 0 Å². The fourth-order valence-corrected chi connectivity index (χ4v) is 3.36. The van der Waals surface area contributed by atoms with E-state index in [1.807, 2.05) is 42.5 Å². The minimum atomic E-state index is -0.0405. The van der Waals surface area contributed by atoms with E-state index in [9.17, 15) is 0 Å². The summed E-state index contributed by atoms with van der Waals surface area (Å²) in [5.41, 5.74) is 7.40. The van der Waals surface area contributed by atoms with Crippen LogP contribution in [0.25, 0.3) is 0 Å². The van der Waals surface area contributed by atoms with Gasteiger partial charge in [-0.05, 0) is 23.8 Å². The highest BCUT2D eigenvalue weighted by Crippen LogP contribution is 2.36. The van der Waals surface area contributed by atoms with Crippen LogP contribution in [0.3, 0.4) is 0 Å². The van der Waals surface area contributed by atoms with Gasteiger partial charge in [0.2, 0.25) is 0 Å². The number of benzene rings is 2. The summed E-state index contributed by atoms with van der Waals surface area (Å²) in [6.07, 6.45) is 0. The van der Waals surface area contributed by atoms with Crippen LogP contribution in [0.2, 0.25) is 10.0 Å². The molecule has 0 saturated carbocycles. The quantitative estimate of drug-likeness (QED) is 0.788. The molecule has 0 saturated heterocycles. The molecule has 0 amide bonds. The van der Waals surface area contributed by atoms with E-state index in [0.29, 0.717) is 10.0 Å². The van der Waals surface area contributed by atoms with Crippen LogP contribution in [-0.2, 0) is 0 Å². The molecule has 2 aromatic carbocycles. The number of halogens is 2. The third-order valence-electron chi connectivity index (χ3n) is 2.90. The Kier molecular flexibility index (Phi) is 5.17. The molecule has 0 bridgehead atoms. The van der Waals surface area contributed by atoms with E-state index in [0.717, 1.165) is 10.5 Å². The molecular weight excluding hydrogens is 297 g/mol. The van der Waals surface area contributed by atoms with Gasteiger partial charge >= 0.3 is 0 Å². The summed E-state index contributed by atoms with van der Waals surface area (Å²) in [7, 11) is 0. The number of hydrogen-bond donors (Lipinski definition) is 1. The van der Waals surface area contributed by atoms with Crippen molar-refractivity contribution in [2.45, 2.75) is 23.1 Å². The number of hydrogen-bond acceptors (Lipinski definition) is 2. The van der Waals surface area contributed by atoms with Crippen molar-refractivity contribution in [2.24, 2.45) is 5.73 Å². The molecule has 2 aromatic rings. The van der Waals surface area contributed by atoms with Gasteiger partial charge in [0, 0.05) is 21.2 Å². The van der Waals surface area contributed by atoms with Crippen LogP contribution in [0.15, 0.2) is 53.4 Å². The van der Waals surface area contributed by atoms with E-state index in [-0.39, 0.29) is 11.3 Å². The zero-order valence-electron chi connectivity index (χ0n) is 10.5. The molecule has 0 spiro atoms. The Morgan fingerprint density at radius 2 is 1.74 bits per heavy atom. The third kappa shape index (κ3) is 3.90. The monoisotopic (exact) mass is 311 g/mol. The maximum atomic E-state index is 6.28. The molecule has 0 aliphatic carbocycles. The van der Waals surface area contributed by atoms with E-state index in [1.165, 1.54) is 0 Å². The fourth-order valence-electron chi connectivity index (χ4n) is 1.79. The third-order valence-corrected chi connectivity index (χ3v) is 4.83. The highest BCUT2D eigenvalue weighted by atomic mass is 35.5. The van der Waals surface area contributed by atoms with E-state index in [2.05, 4.69) is 6.92 Å². The summed E-state index contributed by atoms with van der Waals surface area (Å²) in [5, 5.41) is 1.60. The summed E-state index contributed by atoms with van der Waals surface area (Å²) < 4.78 is 0. The zero-order chi connectivity index (χ0) is 13.8. The minimum Gasteiger partial charge on any atom is -0.323 e. The Balaban J connectivity index is 2.12. The Hall–Kier alpha value is -0.670. The van der Waals surface area contributed by atoms with Crippen LogP contribution in [0.4, 0.5) is 0 Å². The van der Waals surface area contributed by atoms with Crippen molar-refractivity contribution in [3.63, 3.8) is 0 Å². The van der Waals surface area contributed by atoms with Crippen molar-refractivity contribution >= 4 is 35.0 Å². The van der Waals surface area contributed by atoms with Crippen LogP contribution in [0.1, 0.15) is 18.5 Å². The average molecular weight is 312 g/mol. The molecule has 0 aromatic heterocycles. The standard InChI is InChI=1S/C15H15Cl2NS/c1-10(15(18)11-5-3-2-4-6-11)19-14-9-12(16)7-8-13(14)17/h2-10,15H,18H2,1H3. The molecular formula is C15H15Cl2NS. The van der Waals surface area contributed by atoms with Gasteiger partial charge in [-0.1, -0.05) is 60.5 Å². The summed E-state index contributed by atoms with van der Waals surface area (Å²) in [4.78, 5) is 0.966. The van der Waals surface area contributed by atoms with E-state index >= 15 is 0 Å². The highest BCUT2D eigenvalue weighted by Gasteiger charge is 2.17. The molecule has 0 radical (unpaired) electrons. The predicted octanol–water partition coefficient (Wildman–Crippen LogP) is 5.17. The Morgan fingerprint density at radius 3 is 2.42 bits per heavy atom. The van der Waals surface area contributed by atoms with Crippen LogP contribution in [0, 0.1) is 0 Å². The largest absolute Gasteiger partial charge is 0.323 e. The SMILES string of the molecule is CC(Sc1cc(Cl)ccc1Cl)C(N)c1ccccc1. The van der Waals surface area contributed by atoms with Crippen molar-refractivity contribution in [3.8, 4) is 0 Å². The van der Waals surface area contributed by atoms with E-state index < -0.39 is 0 Å².